The van der Waals surface area contributed by atoms with Crippen molar-refractivity contribution in [1.29, 1.82) is 0 Å². The van der Waals surface area contributed by atoms with Gasteiger partial charge in [0.05, 0.1) is 0 Å². The summed E-state index contributed by atoms with van der Waals surface area (Å²) in [5, 5.41) is 4.16. The van der Waals surface area contributed by atoms with Gasteiger partial charge in [-0.3, -0.25) is 0 Å². The van der Waals surface area contributed by atoms with Gasteiger partial charge in [0, 0.05) is 22.5 Å². The van der Waals surface area contributed by atoms with Gasteiger partial charge in [0.1, 0.15) is 0 Å². The van der Waals surface area contributed by atoms with E-state index in [4.69, 9.17) is 16.6 Å². The monoisotopic (exact) mass is 301 g/mol. The Morgan fingerprint density at radius 3 is 3.10 bits per heavy atom. The molecule has 3 rings (SSSR count). The number of benzene rings is 1. The van der Waals surface area contributed by atoms with Crippen LogP contribution >= 0.6 is 11.6 Å². The highest BCUT2D eigenvalue weighted by Crippen LogP contribution is 2.26. The second-order valence-electron chi connectivity index (χ2n) is 5.59. The molecule has 1 N–H and O–H groups in total. The van der Waals surface area contributed by atoms with Crippen molar-refractivity contribution in [3.8, 4) is 11.4 Å². The zero-order valence-corrected chi connectivity index (χ0v) is 13.0. The first-order valence-electron chi connectivity index (χ1n) is 7.57. The molecule has 0 bridgehead atoms. The molecule has 2 aromatic rings. The fourth-order valence-electron chi connectivity index (χ4n) is 2.87. The van der Waals surface area contributed by atoms with Crippen LogP contribution in [0.25, 0.3) is 11.4 Å². The summed E-state index contributed by atoms with van der Waals surface area (Å²) < 4.78 is 0. The minimum Gasteiger partial charge on any atom is -0.317 e. The lowest BCUT2D eigenvalue weighted by Gasteiger charge is -2.24. The molecule has 0 radical (unpaired) electrons. The van der Waals surface area contributed by atoms with Gasteiger partial charge in [-0.25, -0.2) is 9.97 Å². The van der Waals surface area contributed by atoms with Gasteiger partial charge in [0.15, 0.2) is 5.82 Å². The van der Waals surface area contributed by atoms with Crippen LogP contribution in [0.15, 0.2) is 30.5 Å². The Balaban J connectivity index is 1.80. The number of aryl methyl sites for hydroxylation is 1. The Morgan fingerprint density at radius 2 is 2.29 bits per heavy atom. The second-order valence-corrected chi connectivity index (χ2v) is 6.03. The number of halogens is 1. The number of hydrogen-bond donors (Lipinski definition) is 1. The maximum atomic E-state index is 6.04. The summed E-state index contributed by atoms with van der Waals surface area (Å²) in [5.74, 6) is 1.49. The van der Waals surface area contributed by atoms with Crippen LogP contribution < -0.4 is 5.32 Å². The van der Waals surface area contributed by atoms with Crippen LogP contribution in [0, 0.1) is 5.92 Å². The van der Waals surface area contributed by atoms with E-state index in [1.165, 1.54) is 17.7 Å². The molecule has 0 amide bonds. The van der Waals surface area contributed by atoms with Crippen molar-refractivity contribution in [2.45, 2.75) is 26.2 Å². The fourth-order valence-corrected chi connectivity index (χ4v) is 3.06. The van der Waals surface area contributed by atoms with E-state index in [9.17, 15) is 0 Å². The average molecular weight is 302 g/mol. The molecule has 110 valence electrons. The predicted molar refractivity (Wildman–Crippen MR) is 86.5 cm³/mol. The van der Waals surface area contributed by atoms with Crippen LogP contribution in [-0.2, 0) is 12.8 Å². The van der Waals surface area contributed by atoms with Crippen molar-refractivity contribution < 1.29 is 0 Å². The van der Waals surface area contributed by atoms with E-state index >= 15 is 0 Å². The number of rotatable bonds is 4. The van der Waals surface area contributed by atoms with Crippen molar-refractivity contribution in [2.75, 3.05) is 13.1 Å². The van der Waals surface area contributed by atoms with Gasteiger partial charge in [-0.05, 0) is 56.0 Å². The van der Waals surface area contributed by atoms with E-state index in [0.717, 1.165) is 42.3 Å². The van der Waals surface area contributed by atoms with Gasteiger partial charge in [0.25, 0.3) is 0 Å². The normalized spacial score (nSPS) is 17.5. The van der Waals surface area contributed by atoms with Crippen molar-refractivity contribution in [1.82, 2.24) is 15.3 Å². The first-order chi connectivity index (χ1) is 10.3. The average Bonchev–Trinajstić information content (AvgIpc) is 2.52. The predicted octanol–water partition coefficient (Wildman–Crippen LogP) is 3.51. The van der Waals surface area contributed by atoms with E-state index < -0.39 is 0 Å². The molecule has 4 heteroatoms. The lowest BCUT2D eigenvalue weighted by molar-refractivity contribution is 0.425. The summed E-state index contributed by atoms with van der Waals surface area (Å²) in [7, 11) is 0. The van der Waals surface area contributed by atoms with Gasteiger partial charge < -0.3 is 5.32 Å². The number of nitrogens with one attached hydrogen (secondary N) is 1. The highest BCUT2D eigenvalue weighted by molar-refractivity contribution is 6.30. The Morgan fingerprint density at radius 1 is 1.38 bits per heavy atom. The van der Waals surface area contributed by atoms with Crippen LogP contribution in [0.4, 0.5) is 0 Å². The molecule has 1 unspecified atom stereocenters. The summed E-state index contributed by atoms with van der Waals surface area (Å²) in [6.07, 6.45) is 5.32. The highest BCUT2D eigenvalue weighted by Gasteiger charge is 2.20. The van der Waals surface area contributed by atoms with Crippen LogP contribution in [0.1, 0.15) is 24.6 Å². The molecule has 1 aliphatic rings. The lowest BCUT2D eigenvalue weighted by Crippen LogP contribution is -2.27. The molecule has 1 atom stereocenters. The molecule has 1 aromatic heterocycles. The van der Waals surface area contributed by atoms with Crippen LogP contribution in [0.2, 0.25) is 5.02 Å². The van der Waals surface area contributed by atoms with Crippen LogP contribution in [0.3, 0.4) is 0 Å². The maximum absolute atomic E-state index is 6.04. The fraction of sp³-hybridized carbons (Fsp3) is 0.412. The van der Waals surface area contributed by atoms with Crippen LogP contribution in [-0.4, -0.2) is 23.1 Å². The third-order valence-electron chi connectivity index (χ3n) is 4.02. The summed E-state index contributed by atoms with van der Waals surface area (Å²) in [6, 6.07) is 7.73. The SMILES string of the molecule is CCNCC1CCc2nc(-c3cccc(Cl)c3)ncc2C1. The number of hydrogen-bond acceptors (Lipinski definition) is 3. The van der Waals surface area contributed by atoms with Gasteiger partial charge in [-0.15, -0.1) is 0 Å². The summed E-state index contributed by atoms with van der Waals surface area (Å²) in [5.41, 5.74) is 3.49. The Bertz CT molecular complexity index is 627. The Labute approximate surface area is 130 Å². The van der Waals surface area contributed by atoms with Gasteiger partial charge >= 0.3 is 0 Å². The topological polar surface area (TPSA) is 37.8 Å². The smallest absolute Gasteiger partial charge is 0.159 e. The quantitative estimate of drug-likeness (QED) is 0.939. The molecule has 0 saturated carbocycles. The minimum absolute atomic E-state index is 0.707. The third kappa shape index (κ3) is 3.42. The molecule has 3 nitrogen and oxygen atoms in total. The van der Waals surface area contributed by atoms with Gasteiger partial charge in [-0.2, -0.15) is 0 Å². The number of nitrogens with zero attached hydrogens (tertiary/aromatic N) is 2. The summed E-state index contributed by atoms with van der Waals surface area (Å²) in [4.78, 5) is 9.28. The van der Waals surface area contributed by atoms with E-state index in [0.29, 0.717) is 5.92 Å². The summed E-state index contributed by atoms with van der Waals surface area (Å²) in [6.45, 7) is 4.27. The number of aromatic nitrogens is 2. The molecule has 0 spiro atoms. The first-order valence-corrected chi connectivity index (χ1v) is 7.95. The number of fused-ring (bicyclic) bond motifs is 1. The van der Waals surface area contributed by atoms with E-state index in [2.05, 4.69) is 17.2 Å². The van der Waals surface area contributed by atoms with Crippen LogP contribution in [0.5, 0.6) is 0 Å². The standard InChI is InChI=1S/C17H20ClN3/c1-2-19-10-12-6-7-16-14(8-12)11-20-17(21-16)13-4-3-5-15(18)9-13/h3-5,9,11-12,19H,2,6-8,10H2,1H3. The maximum Gasteiger partial charge on any atom is 0.159 e. The largest absolute Gasteiger partial charge is 0.317 e. The molecule has 21 heavy (non-hydrogen) atoms. The zero-order valence-electron chi connectivity index (χ0n) is 12.3. The first kappa shape index (κ1) is 14.5. The minimum atomic E-state index is 0.707. The highest BCUT2D eigenvalue weighted by atomic mass is 35.5. The molecule has 0 fully saturated rings. The van der Waals surface area contributed by atoms with Gasteiger partial charge in [-0.1, -0.05) is 30.7 Å². The molecular weight excluding hydrogens is 282 g/mol. The third-order valence-corrected chi connectivity index (χ3v) is 4.25. The summed E-state index contributed by atoms with van der Waals surface area (Å²) >= 11 is 6.04. The zero-order chi connectivity index (χ0) is 14.7. The lowest BCUT2D eigenvalue weighted by atomic mass is 9.87. The molecule has 1 heterocycles. The molecule has 0 aliphatic heterocycles. The Kier molecular flexibility index (Phi) is 4.51. The van der Waals surface area contributed by atoms with Crippen molar-refractivity contribution in [3.63, 3.8) is 0 Å². The van der Waals surface area contributed by atoms with Crippen molar-refractivity contribution in [2.24, 2.45) is 5.92 Å². The van der Waals surface area contributed by atoms with E-state index in [-0.39, 0.29) is 0 Å². The Hall–Kier alpha value is -1.45. The molecule has 1 aromatic carbocycles. The molecular formula is C17H20ClN3. The van der Waals surface area contributed by atoms with Gasteiger partial charge in [0.2, 0.25) is 0 Å². The van der Waals surface area contributed by atoms with E-state index in [1.54, 1.807) is 0 Å². The van der Waals surface area contributed by atoms with Crippen molar-refractivity contribution in [3.05, 3.63) is 46.7 Å². The molecule has 0 saturated heterocycles. The van der Waals surface area contributed by atoms with Crippen molar-refractivity contribution >= 4 is 11.6 Å². The second kappa shape index (κ2) is 6.54. The van der Waals surface area contributed by atoms with E-state index in [1.807, 2.05) is 30.5 Å². The molecule has 1 aliphatic carbocycles.